The number of halogens is 1. The van der Waals surface area contributed by atoms with Crippen LogP contribution in [0.5, 0.6) is 0 Å². The Balaban J connectivity index is 0.00000241. The summed E-state index contributed by atoms with van der Waals surface area (Å²) in [6, 6.07) is 0.203. The number of hydrogen-bond donors (Lipinski definition) is 2. The molecule has 2 saturated carbocycles. The Hall–Kier alpha value is -0.440. The van der Waals surface area contributed by atoms with Gasteiger partial charge in [0.1, 0.15) is 6.23 Å². The SMILES string of the molecule is CC(C)[C@H](CN1CCC(C2CCC(Cl)CC2)C(C)(C)C1)NC(=O)C1CCC(OC2CCCC2)NC1.O.O. The second-order valence-electron chi connectivity index (χ2n) is 13.2. The van der Waals surface area contributed by atoms with Crippen LogP contribution in [0.3, 0.4) is 0 Å². The molecule has 0 aromatic carbocycles. The van der Waals surface area contributed by atoms with Gasteiger partial charge in [-0.05, 0) is 87.5 Å². The van der Waals surface area contributed by atoms with Gasteiger partial charge in [0.15, 0.2) is 0 Å². The van der Waals surface area contributed by atoms with Crippen LogP contribution in [-0.4, -0.2) is 71.7 Å². The predicted octanol–water partition coefficient (Wildman–Crippen LogP) is 3.91. The lowest BCUT2D eigenvalue weighted by Crippen LogP contribution is -2.55. The first-order valence-electron chi connectivity index (χ1n) is 14.8. The molecule has 2 heterocycles. The molecule has 4 atom stereocenters. The van der Waals surface area contributed by atoms with Crippen molar-refractivity contribution in [2.45, 2.75) is 122 Å². The maximum absolute atomic E-state index is 13.2. The van der Waals surface area contributed by atoms with Crippen LogP contribution >= 0.6 is 11.6 Å². The number of ether oxygens (including phenoxy) is 1. The molecule has 4 fully saturated rings. The molecule has 0 radical (unpaired) electrons. The van der Waals surface area contributed by atoms with E-state index in [1.165, 1.54) is 57.8 Å². The third-order valence-corrected chi connectivity index (χ3v) is 10.1. The first-order chi connectivity index (χ1) is 16.7. The van der Waals surface area contributed by atoms with E-state index < -0.39 is 0 Å². The van der Waals surface area contributed by atoms with Gasteiger partial charge in [-0.15, -0.1) is 11.6 Å². The normalized spacial score (nSPS) is 33.8. The van der Waals surface area contributed by atoms with Crippen molar-refractivity contribution in [2.75, 3.05) is 26.2 Å². The summed E-state index contributed by atoms with van der Waals surface area (Å²) < 4.78 is 6.22. The van der Waals surface area contributed by atoms with Crippen LogP contribution in [0.1, 0.15) is 98.3 Å². The van der Waals surface area contributed by atoms with Gasteiger partial charge in [-0.25, -0.2) is 0 Å². The fourth-order valence-corrected chi connectivity index (χ4v) is 7.68. The summed E-state index contributed by atoms with van der Waals surface area (Å²) in [7, 11) is 0. The number of alkyl halides is 1. The number of carbonyl (C=O) groups is 1. The Kier molecular flexibility index (Phi) is 13.1. The van der Waals surface area contributed by atoms with Crippen LogP contribution in [0.25, 0.3) is 0 Å². The molecule has 0 bridgehead atoms. The number of amides is 1. The number of piperidine rings is 2. The van der Waals surface area contributed by atoms with Gasteiger partial charge in [0.2, 0.25) is 5.91 Å². The van der Waals surface area contributed by atoms with E-state index >= 15 is 0 Å². The summed E-state index contributed by atoms with van der Waals surface area (Å²) in [5.41, 5.74) is 0.315. The van der Waals surface area contributed by atoms with Crippen molar-refractivity contribution in [3.05, 3.63) is 0 Å². The van der Waals surface area contributed by atoms with Gasteiger partial charge in [0, 0.05) is 31.1 Å². The van der Waals surface area contributed by atoms with E-state index in [4.69, 9.17) is 16.3 Å². The fourth-order valence-electron chi connectivity index (χ4n) is 7.42. The summed E-state index contributed by atoms with van der Waals surface area (Å²) in [6.45, 7) is 13.4. The number of rotatable bonds is 8. The molecule has 218 valence electrons. The number of carbonyl (C=O) groups excluding carboxylic acids is 1. The van der Waals surface area contributed by atoms with Crippen molar-refractivity contribution in [3.8, 4) is 0 Å². The first kappa shape index (κ1) is 32.8. The Morgan fingerprint density at radius 3 is 2.27 bits per heavy atom. The van der Waals surface area contributed by atoms with E-state index in [0.29, 0.717) is 22.8 Å². The molecule has 8 heteroatoms. The van der Waals surface area contributed by atoms with E-state index in [1.807, 2.05) is 0 Å². The van der Waals surface area contributed by atoms with E-state index in [1.54, 1.807) is 0 Å². The van der Waals surface area contributed by atoms with Crippen molar-refractivity contribution in [3.63, 3.8) is 0 Å². The van der Waals surface area contributed by atoms with Crippen molar-refractivity contribution < 1.29 is 20.5 Å². The molecule has 2 aliphatic carbocycles. The van der Waals surface area contributed by atoms with Crippen molar-refractivity contribution >= 4 is 17.5 Å². The van der Waals surface area contributed by atoms with Crippen LogP contribution in [0.2, 0.25) is 0 Å². The zero-order chi connectivity index (χ0) is 25.0. The van der Waals surface area contributed by atoms with Gasteiger partial charge in [-0.2, -0.15) is 0 Å². The summed E-state index contributed by atoms with van der Waals surface area (Å²) in [5, 5.41) is 7.36. The lowest BCUT2D eigenvalue weighted by atomic mass is 9.64. The highest BCUT2D eigenvalue weighted by Gasteiger charge is 2.41. The third-order valence-electron chi connectivity index (χ3n) is 9.65. The lowest BCUT2D eigenvalue weighted by Gasteiger charge is -2.49. The highest BCUT2D eigenvalue weighted by Crippen LogP contribution is 2.45. The monoisotopic (exact) mass is 545 g/mol. The molecule has 2 aliphatic heterocycles. The van der Waals surface area contributed by atoms with Crippen molar-refractivity contribution in [1.29, 1.82) is 0 Å². The summed E-state index contributed by atoms with van der Waals surface area (Å²) in [6.07, 6.45) is 13.6. The molecule has 0 aromatic rings. The highest BCUT2D eigenvalue weighted by atomic mass is 35.5. The van der Waals surface area contributed by atoms with E-state index in [-0.39, 0.29) is 35.0 Å². The highest BCUT2D eigenvalue weighted by molar-refractivity contribution is 6.20. The first-order valence-corrected chi connectivity index (χ1v) is 15.2. The maximum Gasteiger partial charge on any atom is 0.224 e. The molecule has 0 aromatic heterocycles. The topological polar surface area (TPSA) is 117 Å². The average Bonchev–Trinajstić information content (AvgIpc) is 3.32. The second-order valence-corrected chi connectivity index (χ2v) is 13.8. The van der Waals surface area contributed by atoms with Gasteiger partial charge in [-0.1, -0.05) is 40.5 Å². The van der Waals surface area contributed by atoms with Crippen LogP contribution in [0, 0.1) is 29.1 Å². The molecule has 7 nitrogen and oxygen atoms in total. The van der Waals surface area contributed by atoms with Crippen LogP contribution in [-0.2, 0) is 9.53 Å². The van der Waals surface area contributed by atoms with E-state index in [2.05, 4.69) is 43.2 Å². The van der Waals surface area contributed by atoms with Crippen LogP contribution in [0.4, 0.5) is 0 Å². The molecule has 0 spiro atoms. The van der Waals surface area contributed by atoms with Crippen molar-refractivity contribution in [1.82, 2.24) is 15.5 Å². The van der Waals surface area contributed by atoms with E-state index in [0.717, 1.165) is 50.9 Å². The molecule has 37 heavy (non-hydrogen) atoms. The number of hydrogen-bond acceptors (Lipinski definition) is 4. The Labute approximate surface area is 230 Å². The Morgan fingerprint density at radius 1 is 1.03 bits per heavy atom. The van der Waals surface area contributed by atoms with E-state index in [9.17, 15) is 4.79 Å². The maximum atomic E-state index is 13.2. The van der Waals surface area contributed by atoms with Crippen LogP contribution < -0.4 is 10.6 Å². The van der Waals surface area contributed by atoms with Gasteiger partial charge in [0.25, 0.3) is 0 Å². The summed E-state index contributed by atoms with van der Waals surface area (Å²) >= 11 is 6.39. The molecule has 4 aliphatic rings. The minimum Gasteiger partial charge on any atom is -0.412 e. The quantitative estimate of drug-likeness (QED) is 0.450. The minimum absolute atomic E-state index is 0. The van der Waals surface area contributed by atoms with Gasteiger partial charge < -0.3 is 25.9 Å². The standard InChI is InChI=1S/C29H52ClN3O2.2H2O/c1-20(2)26(32-28(34)22-11-14-27(31-17-22)35-24-7-5-6-8-24)18-33-16-15-25(29(3,4)19-33)21-9-12-23(30)13-10-21;;/h20-27,31H,5-19H2,1-4H3,(H,32,34);2*1H2/t21?,22?,23?,25?,26-,27?;;/m0../s1. The fraction of sp³-hybridized carbons (Fsp3) is 0.966. The molecular formula is C29H56ClN3O4. The van der Waals surface area contributed by atoms with Gasteiger partial charge in [-0.3, -0.25) is 10.1 Å². The second kappa shape index (κ2) is 14.8. The Morgan fingerprint density at radius 2 is 1.70 bits per heavy atom. The summed E-state index contributed by atoms with van der Waals surface area (Å²) in [4.78, 5) is 15.8. The molecule has 6 N–H and O–H groups in total. The number of likely N-dealkylation sites (tertiary alicyclic amines) is 1. The smallest absolute Gasteiger partial charge is 0.224 e. The molecule has 3 unspecified atom stereocenters. The predicted molar refractivity (Wildman–Crippen MR) is 152 cm³/mol. The van der Waals surface area contributed by atoms with Gasteiger partial charge in [0.05, 0.1) is 12.0 Å². The van der Waals surface area contributed by atoms with Crippen LogP contribution in [0.15, 0.2) is 0 Å². The minimum atomic E-state index is 0. The average molecular weight is 546 g/mol. The van der Waals surface area contributed by atoms with Gasteiger partial charge >= 0.3 is 0 Å². The zero-order valence-corrected chi connectivity index (χ0v) is 24.6. The Bertz CT molecular complexity index is 672. The third kappa shape index (κ3) is 9.04. The molecule has 4 rings (SSSR count). The molecule has 2 saturated heterocycles. The summed E-state index contributed by atoms with van der Waals surface area (Å²) in [5.74, 6) is 2.33. The number of nitrogens with zero attached hydrogens (tertiary/aromatic N) is 1. The molecule has 1 amide bonds. The number of nitrogens with one attached hydrogen (secondary N) is 2. The largest absolute Gasteiger partial charge is 0.412 e. The molecular weight excluding hydrogens is 490 g/mol. The lowest BCUT2D eigenvalue weighted by molar-refractivity contribution is -0.128. The van der Waals surface area contributed by atoms with Crippen molar-refractivity contribution in [2.24, 2.45) is 29.1 Å². The zero-order valence-electron chi connectivity index (χ0n) is 23.9.